The monoisotopic (exact) mass is 1000 g/mol. The number of anilines is 1. The van der Waals surface area contributed by atoms with Crippen molar-refractivity contribution in [1.29, 1.82) is 0 Å². The predicted octanol–water partition coefficient (Wildman–Crippen LogP) is 7.50. The number of hydrogen-bond acceptors (Lipinski definition) is 13. The number of nitrogens with two attached hydrogens (primary N) is 1. The average Bonchev–Trinajstić information content (AvgIpc) is 3.37. The molecule has 1 amide bonds. The van der Waals surface area contributed by atoms with Crippen molar-refractivity contribution < 1.29 is 53.4 Å². The van der Waals surface area contributed by atoms with E-state index in [2.05, 4.69) is 49.1 Å². The van der Waals surface area contributed by atoms with Crippen LogP contribution in [0, 0.1) is 29.6 Å². The molecule has 1 saturated carbocycles. The molecule has 7 unspecified atom stereocenters. The summed E-state index contributed by atoms with van der Waals surface area (Å²) < 4.78 is 24.2. The summed E-state index contributed by atoms with van der Waals surface area (Å²) in [5, 5.41) is 34.4. The number of ketones is 2. The number of aliphatic hydroxyl groups is 3. The predicted molar refractivity (Wildman–Crippen MR) is 279 cm³/mol. The van der Waals surface area contributed by atoms with Gasteiger partial charge in [0, 0.05) is 50.9 Å². The molecule has 5 aliphatic rings. The topological polar surface area (TPSA) is 198 Å². The average molecular weight is 1000 g/mol. The molecule has 14 heteroatoms. The fourth-order valence-corrected chi connectivity index (χ4v) is 12.1. The van der Waals surface area contributed by atoms with E-state index in [1.807, 2.05) is 38.1 Å². The van der Waals surface area contributed by atoms with Crippen LogP contribution in [-0.2, 0) is 44.5 Å². The number of para-hydroxylation sites is 1. The molecule has 1 aromatic carbocycles. The van der Waals surface area contributed by atoms with Crippen LogP contribution in [-0.4, -0.2) is 132 Å². The number of ether oxygens (including phenoxy) is 4. The molecule has 2 bridgehead atoms. The number of Topliss-reactive ketones (excluding diaryl/α,β-unsaturated/α-hetero) is 2. The number of esters is 1. The highest BCUT2D eigenvalue weighted by atomic mass is 16.6. The van der Waals surface area contributed by atoms with Crippen LogP contribution in [0.1, 0.15) is 137 Å². The number of benzene rings is 1. The van der Waals surface area contributed by atoms with Crippen molar-refractivity contribution in [3.8, 4) is 0 Å². The Morgan fingerprint density at radius 2 is 1.57 bits per heavy atom. The number of aliphatic hydroxyl groups excluding tert-OH is 2. The molecule has 0 aromatic heterocycles. The lowest BCUT2D eigenvalue weighted by atomic mass is 9.78. The molecular weight excluding hydrogens is 915 g/mol. The first-order valence-electron chi connectivity index (χ1n) is 27.1. The van der Waals surface area contributed by atoms with Crippen molar-refractivity contribution in [1.82, 2.24) is 4.90 Å². The van der Waals surface area contributed by atoms with Gasteiger partial charge in [0.1, 0.15) is 24.4 Å². The molecular formula is C58H87N3O11. The number of piperidine rings is 1. The van der Waals surface area contributed by atoms with Gasteiger partial charge in [0.05, 0.1) is 24.4 Å². The molecule has 0 radical (unpaired) electrons. The lowest BCUT2D eigenvalue weighted by Crippen LogP contribution is -2.61. The summed E-state index contributed by atoms with van der Waals surface area (Å²) in [6.45, 7) is 12.5. The molecule has 400 valence electrons. The lowest BCUT2D eigenvalue weighted by Gasteiger charge is -2.45. The molecule has 6 rings (SSSR count). The Morgan fingerprint density at radius 3 is 2.32 bits per heavy atom. The number of carbonyl (C=O) groups is 4. The lowest BCUT2D eigenvalue weighted by molar-refractivity contribution is -0.263. The maximum atomic E-state index is 14.6. The molecule has 4 heterocycles. The van der Waals surface area contributed by atoms with Gasteiger partial charge in [-0.05, 0) is 145 Å². The second-order valence-electron chi connectivity index (χ2n) is 22.1. The van der Waals surface area contributed by atoms with Crippen molar-refractivity contribution in [3.05, 3.63) is 77.4 Å². The zero-order valence-electron chi connectivity index (χ0n) is 44.5. The minimum Gasteiger partial charge on any atom is -0.461 e. The standard InChI is InChI=1S/C58H87N3O11/c1-36-17-10-9-11-18-37(2)48(60-30-16-20-43-19-12-13-21-46(43)60)35-45-26-23-41(6)58(68,72-45)55(65)56(66)61-29-15-14-22-47(61)57(67)71-50(38(3)32-42-24-27-49(62)51(34-42)69-7)28-25-44(59)33-40(5)53(64)54(70-8)52(63)39(4)31-36/h9-13,17-19,21,33,36,38-39,41-42,44-45,47-51,53-54,62,64,68H,14-16,20,22-32,34-35,59H2,1-8H3/b11-9+,17-10+,37-18+,40-33+/t36-,38-,39?,41?,42?,44+,45+,47?,48+,49-,50+,51?,53?,54+,58?/m1/s1. The Kier molecular flexibility index (Phi) is 21.0. The largest absolute Gasteiger partial charge is 0.461 e. The van der Waals surface area contributed by atoms with Crippen LogP contribution in [0.25, 0.3) is 0 Å². The van der Waals surface area contributed by atoms with E-state index in [-0.39, 0.29) is 48.6 Å². The smallest absolute Gasteiger partial charge is 0.329 e. The first kappa shape index (κ1) is 57.3. The zero-order valence-corrected chi connectivity index (χ0v) is 44.5. The summed E-state index contributed by atoms with van der Waals surface area (Å²) >= 11 is 0. The number of hydrogen-bond donors (Lipinski definition) is 4. The minimum atomic E-state index is -2.40. The maximum Gasteiger partial charge on any atom is 0.329 e. The van der Waals surface area contributed by atoms with Gasteiger partial charge in [0.2, 0.25) is 5.79 Å². The number of carbonyl (C=O) groups excluding carboxylic acids is 4. The first-order chi connectivity index (χ1) is 34.4. The van der Waals surface area contributed by atoms with Crippen molar-refractivity contribution in [2.45, 2.75) is 198 Å². The fourth-order valence-electron chi connectivity index (χ4n) is 12.1. The van der Waals surface area contributed by atoms with Gasteiger partial charge in [0.15, 0.2) is 5.78 Å². The van der Waals surface area contributed by atoms with Gasteiger partial charge in [-0.2, -0.15) is 0 Å². The summed E-state index contributed by atoms with van der Waals surface area (Å²) in [5.74, 6) is -6.25. The Bertz CT molecular complexity index is 2120. The van der Waals surface area contributed by atoms with Gasteiger partial charge < -0.3 is 49.8 Å². The molecule has 1 aliphatic carbocycles. The number of aryl methyl sites for hydroxylation is 1. The van der Waals surface area contributed by atoms with E-state index < -0.39 is 77.9 Å². The highest BCUT2D eigenvalue weighted by Gasteiger charge is 2.53. The second-order valence-corrected chi connectivity index (χ2v) is 22.1. The Morgan fingerprint density at radius 1 is 0.819 bits per heavy atom. The van der Waals surface area contributed by atoms with Gasteiger partial charge in [0.25, 0.3) is 11.7 Å². The van der Waals surface area contributed by atoms with E-state index in [0.717, 1.165) is 37.1 Å². The quantitative estimate of drug-likeness (QED) is 0.124. The van der Waals surface area contributed by atoms with E-state index in [0.29, 0.717) is 76.2 Å². The summed E-state index contributed by atoms with van der Waals surface area (Å²) in [7, 11) is 3.03. The second kappa shape index (κ2) is 26.5. The van der Waals surface area contributed by atoms with Crippen molar-refractivity contribution >= 4 is 29.1 Å². The number of cyclic esters (lactones) is 1. The molecule has 14 nitrogen and oxygen atoms in total. The van der Waals surface area contributed by atoms with E-state index >= 15 is 0 Å². The van der Waals surface area contributed by atoms with E-state index in [1.54, 1.807) is 27.0 Å². The third-order valence-corrected chi connectivity index (χ3v) is 16.6. The zero-order chi connectivity index (χ0) is 52.3. The van der Waals surface area contributed by atoms with Crippen LogP contribution in [0.4, 0.5) is 5.69 Å². The molecule has 4 aliphatic heterocycles. The number of fused-ring (bicyclic) bond motifs is 4. The van der Waals surface area contributed by atoms with Crippen LogP contribution in [0.2, 0.25) is 0 Å². The molecule has 1 aromatic rings. The van der Waals surface area contributed by atoms with Crippen LogP contribution >= 0.6 is 0 Å². The summed E-state index contributed by atoms with van der Waals surface area (Å²) in [5.41, 5.74) is 10.7. The molecule has 72 heavy (non-hydrogen) atoms. The SMILES string of the molecule is COC1CC(C[C@@H](C)[C@@H]2CC[C@H](N)/C=C(\C)C(O)[C@@H](OC)C(=O)C(C)C[C@H](C)/C=C/C=C/C=C(\C)[C@@H](N3CCCc4ccccc43)C[C@@H]3CCC(C)C(O)(O3)C(=O)C(=O)N3CCCCC3C(=O)O2)CC[C@H]1O. The number of rotatable bonds is 6. The molecule has 15 atom stereocenters. The highest BCUT2D eigenvalue weighted by molar-refractivity contribution is 6.39. The normalized spacial score (nSPS) is 38.5. The molecule has 5 N–H and O–H groups in total. The van der Waals surface area contributed by atoms with Gasteiger partial charge in [-0.1, -0.05) is 87.9 Å². The Balaban J connectivity index is 1.33. The minimum absolute atomic E-state index is 0.0440. The molecule has 2 saturated heterocycles. The first-order valence-corrected chi connectivity index (χ1v) is 27.1. The summed E-state index contributed by atoms with van der Waals surface area (Å²) in [4.78, 5) is 61.2. The van der Waals surface area contributed by atoms with Crippen LogP contribution in [0.3, 0.4) is 0 Å². The summed E-state index contributed by atoms with van der Waals surface area (Å²) in [6.07, 6.45) is 16.4. The third-order valence-electron chi connectivity index (χ3n) is 16.6. The molecule has 0 spiro atoms. The highest BCUT2D eigenvalue weighted by Crippen LogP contribution is 2.40. The Hall–Kier alpha value is -4.02. The summed E-state index contributed by atoms with van der Waals surface area (Å²) in [6, 6.07) is 6.61. The van der Waals surface area contributed by atoms with Gasteiger partial charge in [-0.15, -0.1) is 0 Å². The van der Waals surface area contributed by atoms with Crippen LogP contribution in [0.15, 0.2) is 71.9 Å². The van der Waals surface area contributed by atoms with E-state index in [4.69, 9.17) is 24.7 Å². The van der Waals surface area contributed by atoms with Crippen molar-refractivity contribution in [2.24, 2.45) is 35.3 Å². The van der Waals surface area contributed by atoms with Crippen LogP contribution < -0.4 is 10.6 Å². The fraction of sp³-hybridized carbons (Fsp3) is 0.690. The number of methoxy groups -OCH3 is 2. The van der Waals surface area contributed by atoms with Gasteiger partial charge in [-0.25, -0.2) is 4.79 Å². The number of amides is 1. The van der Waals surface area contributed by atoms with E-state index in [9.17, 15) is 34.5 Å². The van der Waals surface area contributed by atoms with Crippen molar-refractivity contribution in [3.63, 3.8) is 0 Å². The Labute approximate surface area is 429 Å². The van der Waals surface area contributed by atoms with Gasteiger partial charge in [-0.3, -0.25) is 14.4 Å². The van der Waals surface area contributed by atoms with Gasteiger partial charge >= 0.3 is 5.97 Å². The molecule has 3 fully saturated rings. The van der Waals surface area contributed by atoms with E-state index in [1.165, 1.54) is 17.6 Å². The van der Waals surface area contributed by atoms with Crippen LogP contribution in [0.5, 0.6) is 0 Å². The number of allylic oxidation sites excluding steroid dienone is 5. The third kappa shape index (κ3) is 14.2. The number of nitrogens with zero attached hydrogens (tertiary/aromatic N) is 2. The van der Waals surface area contributed by atoms with Crippen molar-refractivity contribution in [2.75, 3.05) is 32.2 Å². The maximum absolute atomic E-state index is 14.6.